The molecule has 0 unspecified atom stereocenters. The summed E-state index contributed by atoms with van der Waals surface area (Å²) in [5.41, 5.74) is 8.55. The molecule has 158 valence electrons. The average molecular weight is 416 g/mol. The minimum Gasteiger partial charge on any atom is -0.493 e. The van der Waals surface area contributed by atoms with Gasteiger partial charge in [-0.25, -0.2) is 9.97 Å². The van der Waals surface area contributed by atoms with Crippen LogP contribution in [-0.2, 0) is 0 Å². The Kier molecular flexibility index (Phi) is 4.95. The Balaban J connectivity index is 1.60. The van der Waals surface area contributed by atoms with Gasteiger partial charge in [-0.05, 0) is 44.0 Å². The van der Waals surface area contributed by atoms with Crippen molar-refractivity contribution in [3.63, 3.8) is 0 Å². The number of imidazole rings is 1. The largest absolute Gasteiger partial charge is 0.493 e. The monoisotopic (exact) mass is 416 g/mol. The lowest BCUT2D eigenvalue weighted by Gasteiger charge is -2.30. The van der Waals surface area contributed by atoms with Crippen LogP contribution in [0, 0.1) is 0 Å². The third kappa shape index (κ3) is 3.57. The smallest absolute Gasteiger partial charge is 0.150 e. The van der Waals surface area contributed by atoms with Gasteiger partial charge in [0.2, 0.25) is 0 Å². The van der Waals surface area contributed by atoms with Gasteiger partial charge < -0.3 is 20.3 Å². The molecule has 1 fully saturated rings. The molecule has 2 aromatic heterocycles. The summed E-state index contributed by atoms with van der Waals surface area (Å²) in [5, 5.41) is 9.79. The van der Waals surface area contributed by atoms with E-state index in [1.54, 1.807) is 6.20 Å². The predicted octanol–water partition coefficient (Wildman–Crippen LogP) is 4.41. The number of para-hydroxylation sites is 1. The van der Waals surface area contributed by atoms with Gasteiger partial charge in [-0.3, -0.25) is 4.40 Å². The Morgan fingerprint density at radius 2 is 1.94 bits per heavy atom. The normalized spacial score (nSPS) is 18.0. The van der Waals surface area contributed by atoms with E-state index in [0.29, 0.717) is 36.8 Å². The zero-order valence-corrected chi connectivity index (χ0v) is 17.2. The molecule has 0 radical (unpaired) electrons. The number of fused-ring (bicyclic) bond motifs is 1. The fraction of sp³-hybridized carbons (Fsp3) is 0.250. The minimum absolute atomic E-state index is 0.189. The number of rotatable bonds is 6. The lowest BCUT2D eigenvalue weighted by molar-refractivity contribution is 0.0715. The molecule has 0 aliphatic heterocycles. The fourth-order valence-corrected chi connectivity index (χ4v) is 4.02. The van der Waals surface area contributed by atoms with E-state index in [1.165, 1.54) is 0 Å². The van der Waals surface area contributed by atoms with Gasteiger partial charge in [0.15, 0.2) is 0 Å². The van der Waals surface area contributed by atoms with E-state index in [-0.39, 0.29) is 12.0 Å². The third-order valence-electron chi connectivity index (χ3n) is 5.58. The van der Waals surface area contributed by atoms with E-state index in [4.69, 9.17) is 20.2 Å². The molecule has 5 rings (SSSR count). The summed E-state index contributed by atoms with van der Waals surface area (Å²) in [6, 6.07) is 15.3. The molecule has 2 heterocycles. The van der Waals surface area contributed by atoms with E-state index in [9.17, 15) is 5.11 Å². The van der Waals surface area contributed by atoms with Gasteiger partial charge in [0.25, 0.3) is 0 Å². The van der Waals surface area contributed by atoms with Crippen LogP contribution in [0.3, 0.4) is 0 Å². The van der Waals surface area contributed by atoms with Crippen LogP contribution >= 0.6 is 0 Å². The molecule has 1 aliphatic rings. The summed E-state index contributed by atoms with van der Waals surface area (Å²) in [4.78, 5) is 9.22. The highest BCUT2D eigenvalue weighted by Crippen LogP contribution is 2.42. The summed E-state index contributed by atoms with van der Waals surface area (Å²) in [6.45, 7) is 2.44. The van der Waals surface area contributed by atoms with Gasteiger partial charge >= 0.3 is 0 Å². The van der Waals surface area contributed by atoms with Crippen molar-refractivity contribution in [1.29, 1.82) is 0 Å². The number of benzene rings is 2. The summed E-state index contributed by atoms with van der Waals surface area (Å²) in [6.07, 6.45) is 4.67. The Bertz CT molecular complexity index is 1220. The van der Waals surface area contributed by atoms with Crippen molar-refractivity contribution >= 4 is 11.3 Å². The number of anilines is 1. The van der Waals surface area contributed by atoms with Crippen LogP contribution in [0.2, 0.25) is 0 Å². The van der Waals surface area contributed by atoms with E-state index in [1.807, 2.05) is 66.1 Å². The molecule has 0 atom stereocenters. The van der Waals surface area contributed by atoms with Crippen molar-refractivity contribution in [2.45, 2.75) is 31.8 Å². The minimum atomic E-state index is -0.270. The molecule has 1 saturated carbocycles. The predicted molar refractivity (Wildman–Crippen MR) is 119 cm³/mol. The van der Waals surface area contributed by atoms with Crippen molar-refractivity contribution in [3.8, 4) is 28.5 Å². The maximum absolute atomic E-state index is 9.79. The van der Waals surface area contributed by atoms with E-state index in [0.717, 1.165) is 28.3 Å². The van der Waals surface area contributed by atoms with Crippen molar-refractivity contribution in [2.24, 2.45) is 0 Å². The quantitative estimate of drug-likeness (QED) is 0.484. The third-order valence-corrected chi connectivity index (χ3v) is 5.58. The molecule has 31 heavy (non-hydrogen) atoms. The molecule has 0 spiro atoms. The number of nitrogen functional groups attached to an aromatic ring is 1. The number of aliphatic hydroxyl groups is 1. The van der Waals surface area contributed by atoms with Crippen LogP contribution in [-0.4, -0.2) is 32.2 Å². The number of aliphatic hydroxyl groups excluding tert-OH is 1. The van der Waals surface area contributed by atoms with Gasteiger partial charge in [-0.2, -0.15) is 0 Å². The van der Waals surface area contributed by atoms with Crippen molar-refractivity contribution in [2.75, 3.05) is 12.3 Å². The second kappa shape index (κ2) is 7.92. The molecule has 0 amide bonds. The Morgan fingerprint density at radius 3 is 2.68 bits per heavy atom. The molecular weight excluding hydrogens is 392 g/mol. The topological polar surface area (TPSA) is 94.9 Å². The van der Waals surface area contributed by atoms with Crippen LogP contribution in [0.5, 0.6) is 17.2 Å². The van der Waals surface area contributed by atoms with E-state index < -0.39 is 0 Å². The Labute approximate surface area is 180 Å². The maximum Gasteiger partial charge on any atom is 0.150 e. The zero-order valence-electron chi connectivity index (χ0n) is 17.2. The van der Waals surface area contributed by atoms with Crippen molar-refractivity contribution in [3.05, 3.63) is 66.7 Å². The highest BCUT2D eigenvalue weighted by Gasteiger charge is 2.33. The summed E-state index contributed by atoms with van der Waals surface area (Å²) >= 11 is 0. The highest BCUT2D eigenvalue weighted by atomic mass is 16.5. The first-order valence-corrected chi connectivity index (χ1v) is 10.4. The van der Waals surface area contributed by atoms with Crippen LogP contribution in [0.4, 0.5) is 5.82 Å². The second-order valence-electron chi connectivity index (χ2n) is 7.68. The summed E-state index contributed by atoms with van der Waals surface area (Å²) < 4.78 is 13.9. The summed E-state index contributed by atoms with van der Waals surface area (Å²) in [7, 11) is 0. The standard InChI is InChI=1S/C24H24N4O3/c1-2-30-20-14-18(31-17-6-4-3-5-7-17)8-9-19(20)21-22-23(25)26-10-11-28(22)24(27-21)15-12-16(29)13-15/h3-11,14-16,29H,2,12-13H2,1H3,(H2,25,26). The van der Waals surface area contributed by atoms with Gasteiger partial charge in [0.1, 0.15) is 40.1 Å². The number of hydrogen-bond acceptors (Lipinski definition) is 6. The molecule has 1 aliphatic carbocycles. The molecule has 3 N–H and O–H groups in total. The maximum atomic E-state index is 9.79. The average Bonchev–Trinajstić information content (AvgIpc) is 3.13. The van der Waals surface area contributed by atoms with Crippen molar-refractivity contribution in [1.82, 2.24) is 14.4 Å². The number of ether oxygens (including phenoxy) is 2. The van der Waals surface area contributed by atoms with E-state index in [2.05, 4.69) is 4.98 Å². The van der Waals surface area contributed by atoms with Crippen LogP contribution in [0.15, 0.2) is 60.9 Å². The van der Waals surface area contributed by atoms with Crippen LogP contribution < -0.4 is 15.2 Å². The number of aromatic nitrogens is 3. The molecular formula is C24H24N4O3. The van der Waals surface area contributed by atoms with Gasteiger partial charge in [0, 0.05) is 29.9 Å². The van der Waals surface area contributed by atoms with Gasteiger partial charge in [-0.15, -0.1) is 0 Å². The van der Waals surface area contributed by atoms with Crippen LogP contribution in [0.1, 0.15) is 31.5 Å². The first-order chi connectivity index (χ1) is 15.1. The number of nitrogens with zero attached hydrogens (tertiary/aromatic N) is 3. The molecule has 7 heteroatoms. The Hall–Kier alpha value is -3.58. The SMILES string of the molecule is CCOc1cc(Oc2ccccc2)ccc1-c1nc(C2CC(O)C2)n2ccnc(N)c12. The lowest BCUT2D eigenvalue weighted by Crippen LogP contribution is -2.27. The fourth-order valence-electron chi connectivity index (χ4n) is 4.02. The first-order valence-electron chi connectivity index (χ1n) is 10.4. The van der Waals surface area contributed by atoms with Crippen molar-refractivity contribution < 1.29 is 14.6 Å². The zero-order chi connectivity index (χ0) is 21.4. The molecule has 0 saturated heterocycles. The first kappa shape index (κ1) is 19.4. The molecule has 4 aromatic rings. The van der Waals surface area contributed by atoms with Crippen LogP contribution in [0.25, 0.3) is 16.8 Å². The highest BCUT2D eigenvalue weighted by molar-refractivity contribution is 5.88. The number of hydrogen-bond donors (Lipinski definition) is 2. The molecule has 0 bridgehead atoms. The summed E-state index contributed by atoms with van der Waals surface area (Å²) in [5.74, 6) is 3.58. The molecule has 7 nitrogen and oxygen atoms in total. The number of nitrogens with two attached hydrogens (primary N) is 1. The van der Waals surface area contributed by atoms with E-state index >= 15 is 0 Å². The lowest BCUT2D eigenvalue weighted by atomic mass is 9.82. The Morgan fingerprint density at radius 1 is 1.13 bits per heavy atom. The van der Waals surface area contributed by atoms with Gasteiger partial charge in [-0.1, -0.05) is 18.2 Å². The second-order valence-corrected chi connectivity index (χ2v) is 7.68. The molecule has 2 aromatic carbocycles. The van der Waals surface area contributed by atoms with Gasteiger partial charge in [0.05, 0.1) is 12.7 Å².